The number of carbonyl (C=O) groups excluding carboxylic acids is 2. The number of aryl methyl sites for hydroxylation is 1. The number of urea groups is 1. The number of carbonyl (C=O) groups is 2. The minimum Gasteiger partial charge on any atom is -0.308 e. The van der Waals surface area contributed by atoms with Gasteiger partial charge >= 0.3 is 6.03 Å². The molecule has 2 aliphatic heterocycles. The average Bonchev–Trinajstić information content (AvgIpc) is 3.66. The summed E-state index contributed by atoms with van der Waals surface area (Å²) in [5, 5.41) is 14.3. The Labute approximate surface area is 250 Å². The van der Waals surface area contributed by atoms with Gasteiger partial charge in [-0.2, -0.15) is 5.21 Å². The van der Waals surface area contributed by atoms with Gasteiger partial charge in [-0.1, -0.05) is 73.2 Å². The zero-order chi connectivity index (χ0) is 29.6. The largest absolute Gasteiger partial charge is 0.327 e. The molecule has 3 heterocycles. The number of likely N-dealkylation sites (tertiary alicyclic amines) is 1. The van der Waals surface area contributed by atoms with Gasteiger partial charge in [-0.05, 0) is 79.7 Å². The van der Waals surface area contributed by atoms with E-state index in [1.54, 1.807) is 11.0 Å². The highest BCUT2D eigenvalue weighted by Crippen LogP contribution is 2.32. The van der Waals surface area contributed by atoms with E-state index in [0.29, 0.717) is 36.3 Å². The number of piperidine rings is 1. The highest BCUT2D eigenvalue weighted by Gasteiger charge is 2.44. The summed E-state index contributed by atoms with van der Waals surface area (Å²) in [7, 11) is 0. The van der Waals surface area contributed by atoms with Gasteiger partial charge in [0, 0.05) is 17.7 Å². The van der Waals surface area contributed by atoms with Gasteiger partial charge in [0.15, 0.2) is 0 Å². The van der Waals surface area contributed by atoms with Crippen LogP contribution in [0.25, 0.3) is 22.5 Å². The minimum atomic E-state index is -0.638. The molecule has 1 atom stereocenters. The van der Waals surface area contributed by atoms with Crippen molar-refractivity contribution in [2.45, 2.75) is 51.1 Å². The lowest BCUT2D eigenvalue weighted by atomic mass is 9.97. The lowest BCUT2D eigenvalue weighted by Gasteiger charge is -2.27. The van der Waals surface area contributed by atoms with Crippen molar-refractivity contribution >= 4 is 11.9 Å². The van der Waals surface area contributed by atoms with Crippen molar-refractivity contribution in [1.82, 2.24) is 35.3 Å². The summed E-state index contributed by atoms with van der Waals surface area (Å²) >= 11 is 0. The molecule has 9 nitrogen and oxygen atoms in total. The number of imide groups is 1. The van der Waals surface area contributed by atoms with E-state index in [4.69, 9.17) is 0 Å². The van der Waals surface area contributed by atoms with Crippen LogP contribution in [0.4, 0.5) is 9.18 Å². The fraction of sp³-hybridized carbons (Fsp3) is 0.364. The Balaban J connectivity index is 1.20. The SMILES string of the molecule is O=C1[C@H](CCc2ccccc2)N(Cc2ccc(-c3ccccc3-c3nn[nH]n3)cc2F)C(=O)N1CCCN1CCCCC1. The first-order chi connectivity index (χ1) is 21.1. The molecule has 1 aromatic heterocycles. The summed E-state index contributed by atoms with van der Waals surface area (Å²) in [5.41, 5.74) is 3.61. The highest BCUT2D eigenvalue weighted by atomic mass is 19.1. The average molecular weight is 582 g/mol. The Bertz CT molecular complexity index is 1540. The molecule has 3 amide bonds. The van der Waals surface area contributed by atoms with Gasteiger partial charge in [-0.25, -0.2) is 9.18 Å². The molecule has 10 heteroatoms. The zero-order valence-corrected chi connectivity index (χ0v) is 24.2. The van der Waals surface area contributed by atoms with Crippen LogP contribution in [0.1, 0.15) is 43.2 Å². The first kappa shape index (κ1) is 28.7. The lowest BCUT2D eigenvalue weighted by molar-refractivity contribution is -0.128. The smallest absolute Gasteiger partial charge is 0.308 e. The Morgan fingerprint density at radius 3 is 2.40 bits per heavy atom. The van der Waals surface area contributed by atoms with Crippen LogP contribution < -0.4 is 0 Å². The van der Waals surface area contributed by atoms with Crippen molar-refractivity contribution in [2.24, 2.45) is 0 Å². The van der Waals surface area contributed by atoms with E-state index in [0.717, 1.165) is 42.7 Å². The van der Waals surface area contributed by atoms with Gasteiger partial charge in [-0.15, -0.1) is 10.2 Å². The van der Waals surface area contributed by atoms with Crippen molar-refractivity contribution < 1.29 is 14.0 Å². The summed E-state index contributed by atoms with van der Waals surface area (Å²) in [5.74, 6) is -0.209. The number of rotatable bonds is 11. The number of amides is 3. The van der Waals surface area contributed by atoms with Crippen molar-refractivity contribution in [3.63, 3.8) is 0 Å². The predicted molar refractivity (Wildman–Crippen MR) is 161 cm³/mol. The number of aromatic amines is 1. The van der Waals surface area contributed by atoms with Gasteiger partial charge in [0.2, 0.25) is 5.82 Å². The van der Waals surface area contributed by atoms with Crippen LogP contribution in [0.15, 0.2) is 72.8 Å². The normalized spacial score (nSPS) is 17.7. The number of hydrogen-bond acceptors (Lipinski definition) is 6. The number of nitrogens with one attached hydrogen (secondary N) is 1. The molecule has 43 heavy (non-hydrogen) atoms. The van der Waals surface area contributed by atoms with E-state index < -0.39 is 11.9 Å². The van der Waals surface area contributed by atoms with Crippen molar-refractivity contribution in [2.75, 3.05) is 26.2 Å². The maximum Gasteiger partial charge on any atom is 0.327 e. The molecule has 0 saturated carbocycles. The van der Waals surface area contributed by atoms with Crippen molar-refractivity contribution in [3.05, 3.63) is 89.7 Å². The summed E-state index contributed by atoms with van der Waals surface area (Å²) in [4.78, 5) is 32.6. The van der Waals surface area contributed by atoms with Gasteiger partial charge in [-0.3, -0.25) is 9.69 Å². The summed E-state index contributed by atoms with van der Waals surface area (Å²) in [6.07, 6.45) is 5.53. The third-order valence-electron chi connectivity index (χ3n) is 8.48. The maximum absolute atomic E-state index is 15.7. The molecular formula is C33H36FN7O2. The molecule has 6 rings (SSSR count). The van der Waals surface area contributed by atoms with Gasteiger partial charge in [0.1, 0.15) is 11.9 Å². The second kappa shape index (κ2) is 13.2. The van der Waals surface area contributed by atoms with E-state index >= 15 is 4.39 Å². The van der Waals surface area contributed by atoms with Crippen LogP contribution in [-0.2, 0) is 17.8 Å². The Kier molecular flexibility index (Phi) is 8.83. The van der Waals surface area contributed by atoms with E-state index in [-0.39, 0.29) is 18.5 Å². The molecule has 0 bridgehead atoms. The molecule has 0 aliphatic carbocycles. The zero-order valence-electron chi connectivity index (χ0n) is 24.2. The molecule has 0 unspecified atom stereocenters. The monoisotopic (exact) mass is 581 g/mol. The van der Waals surface area contributed by atoms with Crippen LogP contribution in [0.3, 0.4) is 0 Å². The molecule has 2 aliphatic rings. The Morgan fingerprint density at radius 2 is 1.65 bits per heavy atom. The Morgan fingerprint density at radius 1 is 0.884 bits per heavy atom. The molecule has 2 fully saturated rings. The van der Waals surface area contributed by atoms with Gasteiger partial charge in [0.25, 0.3) is 5.91 Å². The third-order valence-corrected chi connectivity index (χ3v) is 8.48. The fourth-order valence-corrected chi connectivity index (χ4v) is 6.17. The van der Waals surface area contributed by atoms with Crippen LogP contribution in [0.2, 0.25) is 0 Å². The third kappa shape index (κ3) is 6.49. The first-order valence-electron chi connectivity index (χ1n) is 15.1. The molecule has 222 valence electrons. The highest BCUT2D eigenvalue weighted by molar-refractivity contribution is 6.04. The molecule has 4 aromatic rings. The molecule has 3 aromatic carbocycles. The van der Waals surface area contributed by atoms with Crippen LogP contribution in [0.5, 0.6) is 0 Å². The molecule has 1 N–H and O–H groups in total. The number of tetrazole rings is 1. The van der Waals surface area contributed by atoms with Crippen molar-refractivity contribution in [1.29, 1.82) is 0 Å². The standard InChI is InChI=1S/C33H36FN7O2/c34-29-22-25(27-12-5-6-13-28(27)31-35-37-38-36-31)15-16-26(29)23-41-30(17-14-24-10-3-1-4-11-24)32(42)40(33(41)43)21-9-20-39-18-7-2-8-19-39/h1,3-6,10-13,15-16,22,30H,2,7-9,14,17-21,23H2,(H,35,36,37,38)/t30-/m0/s1. The van der Waals surface area contributed by atoms with Crippen molar-refractivity contribution in [3.8, 4) is 22.5 Å². The van der Waals surface area contributed by atoms with Crippen LogP contribution >= 0.6 is 0 Å². The summed E-state index contributed by atoms with van der Waals surface area (Å²) in [6, 6.07) is 21.4. The first-order valence-corrected chi connectivity index (χ1v) is 15.1. The van der Waals surface area contributed by atoms with E-state index in [1.807, 2.05) is 60.7 Å². The number of benzene rings is 3. The van der Waals surface area contributed by atoms with Gasteiger partial charge < -0.3 is 9.80 Å². The van der Waals surface area contributed by atoms with E-state index in [1.165, 1.54) is 30.2 Å². The lowest BCUT2D eigenvalue weighted by Crippen LogP contribution is -2.36. The number of hydrogen-bond donors (Lipinski definition) is 1. The minimum absolute atomic E-state index is 0.0191. The molecular weight excluding hydrogens is 545 g/mol. The summed E-state index contributed by atoms with van der Waals surface area (Å²) < 4.78 is 15.7. The second-order valence-corrected chi connectivity index (χ2v) is 11.3. The predicted octanol–water partition coefficient (Wildman–Crippen LogP) is 5.31. The molecule has 0 radical (unpaired) electrons. The number of H-pyrrole nitrogens is 1. The fourth-order valence-electron chi connectivity index (χ4n) is 6.17. The summed E-state index contributed by atoms with van der Waals surface area (Å²) in [6.45, 7) is 3.41. The van der Waals surface area contributed by atoms with E-state index in [2.05, 4.69) is 25.5 Å². The van der Waals surface area contributed by atoms with Crippen LogP contribution in [0, 0.1) is 5.82 Å². The number of aromatic nitrogens is 4. The Hall–Kier alpha value is -4.44. The van der Waals surface area contributed by atoms with Gasteiger partial charge in [0.05, 0.1) is 6.54 Å². The maximum atomic E-state index is 15.7. The quantitative estimate of drug-likeness (QED) is 0.241. The molecule has 2 saturated heterocycles. The second-order valence-electron chi connectivity index (χ2n) is 11.3. The molecule has 0 spiro atoms. The van der Waals surface area contributed by atoms with Crippen LogP contribution in [-0.4, -0.2) is 79.5 Å². The van der Waals surface area contributed by atoms with E-state index in [9.17, 15) is 9.59 Å². The topological polar surface area (TPSA) is 98.3 Å². The number of halogens is 1. The number of nitrogens with zero attached hydrogens (tertiary/aromatic N) is 6.